The number of rotatable bonds is 10. The van der Waals surface area contributed by atoms with Gasteiger partial charge in [-0.25, -0.2) is 8.42 Å². The number of ether oxygens (including phenoxy) is 2. The van der Waals surface area contributed by atoms with Crippen LogP contribution in [0.1, 0.15) is 27.2 Å². The first-order chi connectivity index (χ1) is 7.85. The first-order valence-corrected chi connectivity index (χ1v) is 8.40. The highest BCUT2D eigenvalue weighted by atomic mass is 35.7. The Morgan fingerprint density at radius 2 is 1.65 bits per heavy atom. The number of halogens is 1. The van der Waals surface area contributed by atoms with Crippen LogP contribution in [0.25, 0.3) is 0 Å². The first kappa shape index (κ1) is 17.2. The average Bonchev–Trinajstić information content (AvgIpc) is 2.19. The highest BCUT2D eigenvalue weighted by molar-refractivity contribution is 8.13. The monoisotopic (exact) mass is 286 g/mol. The Morgan fingerprint density at radius 3 is 2.06 bits per heavy atom. The number of hydrogen-bond donors (Lipinski definition) is 0. The van der Waals surface area contributed by atoms with E-state index in [2.05, 4.69) is 13.8 Å². The molecule has 0 aliphatic carbocycles. The van der Waals surface area contributed by atoms with E-state index in [1.807, 2.05) is 6.92 Å². The third-order valence-electron chi connectivity index (χ3n) is 2.19. The molecule has 4 nitrogen and oxygen atoms in total. The van der Waals surface area contributed by atoms with Gasteiger partial charge in [0.25, 0.3) is 0 Å². The smallest absolute Gasteiger partial charge is 0.232 e. The minimum absolute atomic E-state index is 0.0299. The molecule has 0 amide bonds. The van der Waals surface area contributed by atoms with E-state index in [4.69, 9.17) is 20.2 Å². The van der Waals surface area contributed by atoms with Crippen molar-refractivity contribution in [1.29, 1.82) is 0 Å². The van der Waals surface area contributed by atoms with Gasteiger partial charge in [0, 0.05) is 17.3 Å². The second kappa shape index (κ2) is 9.14. The van der Waals surface area contributed by atoms with E-state index in [1.54, 1.807) is 0 Å². The molecular formula is C11H23ClO4S. The standard InChI is InChI=1S/C11H23ClO4S/c1-4-11(9-17(12,13)14)8-16-6-5-15-7-10(2)3/h10-11H,4-9H2,1-3H3. The van der Waals surface area contributed by atoms with Crippen LogP contribution in [0.2, 0.25) is 0 Å². The molecule has 0 saturated carbocycles. The summed E-state index contributed by atoms with van der Waals surface area (Å²) in [7, 11) is 1.76. The van der Waals surface area contributed by atoms with Crippen LogP contribution in [0.4, 0.5) is 0 Å². The maximum absolute atomic E-state index is 10.9. The summed E-state index contributed by atoms with van der Waals surface area (Å²) in [5.41, 5.74) is 0. The molecule has 0 saturated heterocycles. The maximum atomic E-state index is 10.9. The highest BCUT2D eigenvalue weighted by Gasteiger charge is 2.15. The zero-order valence-corrected chi connectivity index (χ0v) is 12.4. The Balaban J connectivity index is 3.57. The summed E-state index contributed by atoms with van der Waals surface area (Å²) in [6.07, 6.45) is 0.735. The van der Waals surface area contributed by atoms with E-state index < -0.39 is 9.05 Å². The summed E-state index contributed by atoms with van der Waals surface area (Å²) in [5.74, 6) is 0.445. The van der Waals surface area contributed by atoms with Gasteiger partial charge >= 0.3 is 0 Å². The molecule has 0 fully saturated rings. The summed E-state index contributed by atoms with van der Waals surface area (Å²) in [6.45, 7) is 8.25. The van der Waals surface area contributed by atoms with Gasteiger partial charge in [0.1, 0.15) is 0 Å². The molecule has 104 valence electrons. The van der Waals surface area contributed by atoms with Crippen molar-refractivity contribution in [1.82, 2.24) is 0 Å². The fourth-order valence-corrected chi connectivity index (χ4v) is 2.68. The fraction of sp³-hybridized carbons (Fsp3) is 1.00. The minimum atomic E-state index is -3.43. The van der Waals surface area contributed by atoms with Crippen LogP contribution in [-0.2, 0) is 18.5 Å². The number of hydrogen-bond acceptors (Lipinski definition) is 4. The van der Waals surface area contributed by atoms with Crippen molar-refractivity contribution in [2.45, 2.75) is 27.2 Å². The van der Waals surface area contributed by atoms with Gasteiger partial charge in [0.2, 0.25) is 9.05 Å². The Labute approximate surface area is 109 Å². The molecule has 0 bridgehead atoms. The average molecular weight is 287 g/mol. The molecule has 0 radical (unpaired) electrons. The Kier molecular flexibility index (Phi) is 9.22. The van der Waals surface area contributed by atoms with Crippen molar-refractivity contribution in [2.24, 2.45) is 11.8 Å². The molecule has 0 aliphatic rings. The lowest BCUT2D eigenvalue weighted by Gasteiger charge is -2.13. The summed E-state index contributed by atoms with van der Waals surface area (Å²) in [4.78, 5) is 0. The molecule has 0 N–H and O–H groups in total. The molecule has 0 aliphatic heterocycles. The molecule has 17 heavy (non-hydrogen) atoms. The van der Waals surface area contributed by atoms with Gasteiger partial charge in [0.05, 0.1) is 25.6 Å². The van der Waals surface area contributed by atoms with Crippen LogP contribution >= 0.6 is 10.7 Å². The van der Waals surface area contributed by atoms with Gasteiger partial charge in [-0.3, -0.25) is 0 Å². The molecule has 0 aromatic heterocycles. The van der Waals surface area contributed by atoms with Gasteiger partial charge in [-0.1, -0.05) is 27.2 Å². The van der Waals surface area contributed by atoms with E-state index >= 15 is 0 Å². The van der Waals surface area contributed by atoms with Crippen LogP contribution in [0, 0.1) is 11.8 Å². The molecule has 0 aromatic rings. The molecule has 1 atom stereocenters. The van der Waals surface area contributed by atoms with Crippen LogP contribution in [0.3, 0.4) is 0 Å². The van der Waals surface area contributed by atoms with Gasteiger partial charge in [-0.15, -0.1) is 0 Å². The largest absolute Gasteiger partial charge is 0.379 e. The van der Waals surface area contributed by atoms with E-state index in [0.29, 0.717) is 25.7 Å². The third kappa shape index (κ3) is 12.4. The first-order valence-electron chi connectivity index (χ1n) is 5.93. The van der Waals surface area contributed by atoms with Crippen molar-refractivity contribution in [3.63, 3.8) is 0 Å². The van der Waals surface area contributed by atoms with E-state index in [9.17, 15) is 8.42 Å². The Bertz CT molecular complexity index is 277. The summed E-state index contributed by atoms with van der Waals surface area (Å²) < 4.78 is 32.5. The molecule has 1 unspecified atom stereocenters. The molecule has 0 spiro atoms. The quantitative estimate of drug-likeness (QED) is 0.457. The predicted molar refractivity (Wildman–Crippen MR) is 69.9 cm³/mol. The SMILES string of the molecule is CCC(COCCOCC(C)C)CS(=O)(=O)Cl. The summed E-state index contributed by atoms with van der Waals surface area (Å²) in [5, 5.41) is 0. The van der Waals surface area contributed by atoms with Crippen LogP contribution in [-0.4, -0.2) is 40.6 Å². The summed E-state index contributed by atoms with van der Waals surface area (Å²) >= 11 is 0. The van der Waals surface area contributed by atoms with Crippen LogP contribution < -0.4 is 0 Å². The van der Waals surface area contributed by atoms with Gasteiger partial charge in [-0.05, 0) is 11.8 Å². The molecule has 0 aromatic carbocycles. The molecule has 6 heteroatoms. The Morgan fingerprint density at radius 1 is 1.12 bits per heavy atom. The van der Waals surface area contributed by atoms with Gasteiger partial charge < -0.3 is 9.47 Å². The molecule has 0 rings (SSSR count). The molecule has 0 heterocycles. The normalized spacial score (nSPS) is 14.2. The Hall–Kier alpha value is 0.160. The second-order valence-corrected chi connectivity index (χ2v) is 7.35. The van der Waals surface area contributed by atoms with E-state index in [0.717, 1.165) is 13.0 Å². The minimum Gasteiger partial charge on any atom is -0.379 e. The lowest BCUT2D eigenvalue weighted by atomic mass is 10.1. The van der Waals surface area contributed by atoms with Crippen molar-refractivity contribution < 1.29 is 17.9 Å². The third-order valence-corrected chi connectivity index (χ3v) is 3.44. The predicted octanol–water partition coefficient (Wildman–Crippen LogP) is 2.27. The van der Waals surface area contributed by atoms with Crippen LogP contribution in [0.15, 0.2) is 0 Å². The van der Waals surface area contributed by atoms with Crippen LogP contribution in [0.5, 0.6) is 0 Å². The van der Waals surface area contributed by atoms with Gasteiger partial charge in [0.15, 0.2) is 0 Å². The lowest BCUT2D eigenvalue weighted by molar-refractivity contribution is 0.0273. The lowest BCUT2D eigenvalue weighted by Crippen LogP contribution is -2.19. The second-order valence-electron chi connectivity index (χ2n) is 4.52. The highest BCUT2D eigenvalue weighted by Crippen LogP contribution is 2.10. The van der Waals surface area contributed by atoms with Gasteiger partial charge in [-0.2, -0.15) is 0 Å². The van der Waals surface area contributed by atoms with E-state index in [1.165, 1.54) is 0 Å². The molecular weight excluding hydrogens is 264 g/mol. The van der Waals surface area contributed by atoms with Crippen molar-refractivity contribution in [2.75, 3.05) is 32.2 Å². The van der Waals surface area contributed by atoms with E-state index in [-0.39, 0.29) is 11.7 Å². The van der Waals surface area contributed by atoms with Crippen molar-refractivity contribution >= 4 is 19.7 Å². The summed E-state index contributed by atoms with van der Waals surface area (Å²) in [6, 6.07) is 0. The zero-order valence-electron chi connectivity index (χ0n) is 10.8. The topological polar surface area (TPSA) is 52.6 Å². The fourth-order valence-electron chi connectivity index (χ4n) is 1.25. The zero-order chi connectivity index (χ0) is 13.3. The van der Waals surface area contributed by atoms with Crippen molar-refractivity contribution in [3.05, 3.63) is 0 Å². The van der Waals surface area contributed by atoms with Crippen molar-refractivity contribution in [3.8, 4) is 0 Å². The maximum Gasteiger partial charge on any atom is 0.232 e.